The van der Waals surface area contributed by atoms with Crippen molar-refractivity contribution in [1.29, 1.82) is 0 Å². The van der Waals surface area contributed by atoms with Crippen LogP contribution < -0.4 is 10.2 Å². The Kier molecular flexibility index (Phi) is 4.23. The van der Waals surface area contributed by atoms with Gasteiger partial charge in [-0.25, -0.2) is 0 Å². The first-order valence-corrected chi connectivity index (χ1v) is 8.21. The average molecular weight is 288 g/mol. The van der Waals surface area contributed by atoms with Crippen molar-refractivity contribution < 1.29 is 4.74 Å². The Labute approximate surface area is 128 Å². The lowest BCUT2D eigenvalue weighted by atomic mass is 9.90. The molecule has 0 spiro atoms. The van der Waals surface area contributed by atoms with Gasteiger partial charge in [-0.2, -0.15) is 0 Å². The van der Waals surface area contributed by atoms with Gasteiger partial charge in [0.2, 0.25) is 0 Å². The lowest BCUT2D eigenvalue weighted by Crippen LogP contribution is -2.51. The van der Waals surface area contributed by atoms with E-state index in [0.717, 1.165) is 19.5 Å². The number of hydrogen-bond donors (Lipinski definition) is 1. The third-order valence-electron chi connectivity index (χ3n) is 5.00. The van der Waals surface area contributed by atoms with Crippen molar-refractivity contribution in [2.45, 2.75) is 63.8 Å². The molecule has 116 valence electrons. The van der Waals surface area contributed by atoms with Crippen LogP contribution in [0, 0.1) is 0 Å². The molecule has 1 saturated carbocycles. The summed E-state index contributed by atoms with van der Waals surface area (Å²) < 4.78 is 5.64. The summed E-state index contributed by atoms with van der Waals surface area (Å²) in [5.74, 6) is 0. The van der Waals surface area contributed by atoms with E-state index in [9.17, 15) is 0 Å². The largest absolute Gasteiger partial charge is 0.381 e. The minimum Gasteiger partial charge on any atom is -0.381 e. The van der Waals surface area contributed by atoms with Gasteiger partial charge in [-0.05, 0) is 51.2 Å². The fourth-order valence-corrected chi connectivity index (χ4v) is 3.79. The minimum absolute atomic E-state index is 0.138. The van der Waals surface area contributed by atoms with E-state index in [1.165, 1.54) is 30.5 Å². The monoisotopic (exact) mass is 288 g/mol. The maximum absolute atomic E-state index is 5.64. The summed E-state index contributed by atoms with van der Waals surface area (Å²) in [6, 6.07) is 9.46. The normalized spacial score (nSPS) is 28.8. The van der Waals surface area contributed by atoms with Crippen LogP contribution in [0.5, 0.6) is 0 Å². The predicted molar refractivity (Wildman–Crippen MR) is 87.8 cm³/mol. The van der Waals surface area contributed by atoms with Crippen LogP contribution in [-0.2, 0) is 11.3 Å². The Hall–Kier alpha value is -1.06. The van der Waals surface area contributed by atoms with E-state index in [0.29, 0.717) is 12.1 Å². The molecule has 3 nitrogen and oxygen atoms in total. The summed E-state index contributed by atoms with van der Waals surface area (Å²) in [7, 11) is 1.86. The van der Waals surface area contributed by atoms with E-state index >= 15 is 0 Å². The van der Waals surface area contributed by atoms with Crippen molar-refractivity contribution in [3.8, 4) is 0 Å². The number of benzene rings is 1. The molecule has 3 heteroatoms. The highest BCUT2D eigenvalue weighted by atomic mass is 16.5. The molecule has 1 N–H and O–H groups in total. The Morgan fingerprint density at radius 3 is 2.86 bits per heavy atom. The third-order valence-corrected chi connectivity index (χ3v) is 5.00. The van der Waals surface area contributed by atoms with Gasteiger partial charge in [0.05, 0.1) is 6.10 Å². The summed E-state index contributed by atoms with van der Waals surface area (Å²) in [5.41, 5.74) is 2.97. The van der Waals surface area contributed by atoms with Gasteiger partial charge in [-0.3, -0.25) is 0 Å². The molecule has 0 bridgehead atoms. The minimum atomic E-state index is 0.138. The zero-order valence-corrected chi connectivity index (χ0v) is 13.6. The molecule has 21 heavy (non-hydrogen) atoms. The Morgan fingerprint density at radius 2 is 2.05 bits per heavy atom. The number of rotatable bonds is 2. The molecular formula is C18H28N2O. The molecule has 1 aromatic carbocycles. The topological polar surface area (TPSA) is 24.5 Å². The molecule has 2 unspecified atom stereocenters. The average Bonchev–Trinajstić information content (AvgIpc) is 2.64. The van der Waals surface area contributed by atoms with E-state index in [4.69, 9.17) is 4.74 Å². The molecule has 3 rings (SSSR count). The maximum Gasteiger partial charge on any atom is 0.0591 e. The second kappa shape index (κ2) is 5.98. The third kappa shape index (κ3) is 3.24. The number of fused-ring (bicyclic) bond motifs is 1. The standard InChI is InChI=1S/C18H28N2O/c1-18(2)13-20(15-8-6-9-16(11-15)21-3)17-10-5-4-7-14(17)12-19-18/h4-5,7,10,15-16,19H,6,8-9,11-13H2,1-3H3. The van der Waals surface area contributed by atoms with Crippen LogP contribution in [0.25, 0.3) is 0 Å². The number of para-hydroxylation sites is 1. The van der Waals surface area contributed by atoms with Gasteiger partial charge in [0.25, 0.3) is 0 Å². The van der Waals surface area contributed by atoms with Crippen LogP contribution in [-0.4, -0.2) is 31.3 Å². The Balaban J connectivity index is 1.90. The first-order chi connectivity index (χ1) is 10.1. The first kappa shape index (κ1) is 14.9. The molecule has 2 aliphatic rings. The summed E-state index contributed by atoms with van der Waals surface area (Å²) >= 11 is 0. The Morgan fingerprint density at radius 1 is 1.24 bits per heavy atom. The van der Waals surface area contributed by atoms with Gasteiger partial charge in [0, 0.05) is 37.5 Å². The summed E-state index contributed by atoms with van der Waals surface area (Å²) in [5, 5.41) is 3.70. The zero-order chi connectivity index (χ0) is 14.9. The molecule has 1 aliphatic heterocycles. The van der Waals surface area contributed by atoms with Crippen LogP contribution in [0.15, 0.2) is 24.3 Å². The lowest BCUT2D eigenvalue weighted by molar-refractivity contribution is 0.0625. The van der Waals surface area contributed by atoms with Crippen molar-refractivity contribution in [2.24, 2.45) is 0 Å². The molecule has 2 atom stereocenters. The van der Waals surface area contributed by atoms with Crippen molar-refractivity contribution >= 4 is 5.69 Å². The van der Waals surface area contributed by atoms with E-state index in [1.54, 1.807) is 0 Å². The quantitative estimate of drug-likeness (QED) is 0.903. The van der Waals surface area contributed by atoms with Gasteiger partial charge in [-0.1, -0.05) is 18.2 Å². The molecule has 0 radical (unpaired) electrons. The second-order valence-electron chi connectivity index (χ2n) is 7.17. The van der Waals surface area contributed by atoms with Gasteiger partial charge < -0.3 is 15.0 Å². The number of ether oxygens (including phenoxy) is 1. The number of nitrogens with one attached hydrogen (secondary N) is 1. The van der Waals surface area contributed by atoms with Crippen molar-refractivity contribution in [3.63, 3.8) is 0 Å². The van der Waals surface area contributed by atoms with Gasteiger partial charge in [-0.15, -0.1) is 0 Å². The molecule has 1 aliphatic carbocycles. The van der Waals surface area contributed by atoms with Crippen molar-refractivity contribution in [1.82, 2.24) is 5.32 Å². The molecule has 1 fully saturated rings. The zero-order valence-electron chi connectivity index (χ0n) is 13.6. The number of hydrogen-bond acceptors (Lipinski definition) is 3. The van der Waals surface area contributed by atoms with E-state index in [-0.39, 0.29) is 5.54 Å². The predicted octanol–water partition coefficient (Wildman–Crippen LogP) is 3.33. The smallest absolute Gasteiger partial charge is 0.0591 e. The van der Waals surface area contributed by atoms with Gasteiger partial charge in [0.1, 0.15) is 0 Å². The molecule has 1 heterocycles. The molecule has 1 aromatic rings. The fourth-order valence-electron chi connectivity index (χ4n) is 3.79. The highest BCUT2D eigenvalue weighted by molar-refractivity contribution is 5.56. The van der Waals surface area contributed by atoms with E-state index in [1.807, 2.05) is 7.11 Å². The highest BCUT2D eigenvalue weighted by Gasteiger charge is 2.33. The first-order valence-electron chi connectivity index (χ1n) is 8.21. The molecular weight excluding hydrogens is 260 g/mol. The van der Waals surface area contributed by atoms with Crippen LogP contribution in [0.3, 0.4) is 0 Å². The van der Waals surface area contributed by atoms with Gasteiger partial charge in [0.15, 0.2) is 0 Å². The lowest BCUT2D eigenvalue weighted by Gasteiger charge is -2.41. The maximum atomic E-state index is 5.64. The fraction of sp³-hybridized carbons (Fsp3) is 0.667. The summed E-state index contributed by atoms with van der Waals surface area (Å²) in [6.45, 7) is 6.64. The van der Waals surface area contributed by atoms with Crippen molar-refractivity contribution in [3.05, 3.63) is 29.8 Å². The highest BCUT2D eigenvalue weighted by Crippen LogP contribution is 2.33. The van der Waals surface area contributed by atoms with E-state index < -0.39 is 0 Å². The number of methoxy groups -OCH3 is 1. The molecule has 0 aromatic heterocycles. The second-order valence-corrected chi connectivity index (χ2v) is 7.17. The molecule has 0 saturated heterocycles. The summed E-state index contributed by atoms with van der Waals surface area (Å²) in [6.07, 6.45) is 5.35. The van der Waals surface area contributed by atoms with Crippen LogP contribution in [0.2, 0.25) is 0 Å². The van der Waals surface area contributed by atoms with Crippen LogP contribution in [0.1, 0.15) is 45.1 Å². The summed E-state index contributed by atoms with van der Waals surface area (Å²) in [4.78, 5) is 2.64. The number of nitrogens with zero attached hydrogens (tertiary/aromatic N) is 1. The van der Waals surface area contributed by atoms with Gasteiger partial charge >= 0.3 is 0 Å². The SMILES string of the molecule is COC1CCCC(N2CC(C)(C)NCc3ccccc32)C1. The van der Waals surface area contributed by atoms with Crippen molar-refractivity contribution in [2.75, 3.05) is 18.6 Å². The van der Waals surface area contributed by atoms with Crippen LogP contribution >= 0.6 is 0 Å². The van der Waals surface area contributed by atoms with E-state index in [2.05, 4.69) is 48.3 Å². The Bertz CT molecular complexity index is 486. The molecule has 0 amide bonds. The number of anilines is 1. The van der Waals surface area contributed by atoms with Crippen LogP contribution in [0.4, 0.5) is 5.69 Å².